The first kappa shape index (κ1) is 9.13. The van der Waals surface area contributed by atoms with E-state index >= 15 is 0 Å². The summed E-state index contributed by atoms with van der Waals surface area (Å²) in [6, 6.07) is 1.74. The van der Waals surface area contributed by atoms with Crippen molar-refractivity contribution in [2.45, 2.75) is 56.3 Å². The molecule has 3 fully saturated rings. The Morgan fingerprint density at radius 1 is 1.07 bits per heavy atom. The van der Waals surface area contributed by atoms with Crippen LogP contribution in [0.2, 0.25) is 0 Å². The zero-order chi connectivity index (χ0) is 9.54. The van der Waals surface area contributed by atoms with Gasteiger partial charge in [0.25, 0.3) is 0 Å². The van der Waals surface area contributed by atoms with Gasteiger partial charge < -0.3 is 15.8 Å². The van der Waals surface area contributed by atoms with Gasteiger partial charge in [-0.3, -0.25) is 0 Å². The van der Waals surface area contributed by atoms with E-state index < -0.39 is 0 Å². The summed E-state index contributed by atoms with van der Waals surface area (Å²) in [6.07, 6.45) is 6.91. The van der Waals surface area contributed by atoms with E-state index in [1.54, 1.807) is 0 Å². The Balaban J connectivity index is 1.42. The maximum Gasteiger partial charge on any atom is 0.0624 e. The lowest BCUT2D eigenvalue weighted by molar-refractivity contribution is 0.0908. The van der Waals surface area contributed by atoms with Crippen LogP contribution in [0.15, 0.2) is 0 Å². The maximum atomic E-state index is 5.79. The molecule has 1 aliphatic heterocycles. The standard InChI is InChI=1S/C11H20N2O/c12-8-3-9(4-8)13-10-5-11(14-6-10)7-1-2-7/h7-11,13H,1-6,12H2. The predicted molar refractivity (Wildman–Crippen MR) is 55.0 cm³/mol. The van der Waals surface area contributed by atoms with Gasteiger partial charge >= 0.3 is 0 Å². The van der Waals surface area contributed by atoms with E-state index in [9.17, 15) is 0 Å². The zero-order valence-corrected chi connectivity index (χ0v) is 8.61. The van der Waals surface area contributed by atoms with Crippen LogP contribution in [-0.2, 0) is 4.74 Å². The van der Waals surface area contributed by atoms with Gasteiger partial charge in [-0.1, -0.05) is 0 Å². The Labute approximate surface area is 85.4 Å². The first-order valence-electron chi connectivity index (χ1n) is 5.94. The molecule has 2 unspecified atom stereocenters. The van der Waals surface area contributed by atoms with Crippen LogP contribution in [0.25, 0.3) is 0 Å². The van der Waals surface area contributed by atoms with E-state index in [2.05, 4.69) is 5.32 Å². The minimum atomic E-state index is 0.453. The van der Waals surface area contributed by atoms with Gasteiger partial charge in [0.15, 0.2) is 0 Å². The molecule has 0 aromatic carbocycles. The van der Waals surface area contributed by atoms with E-state index in [-0.39, 0.29) is 0 Å². The maximum absolute atomic E-state index is 5.79. The fourth-order valence-electron chi connectivity index (χ4n) is 2.70. The number of ether oxygens (including phenoxy) is 1. The molecule has 3 heteroatoms. The molecule has 2 atom stereocenters. The average molecular weight is 196 g/mol. The second kappa shape index (κ2) is 3.47. The van der Waals surface area contributed by atoms with Gasteiger partial charge in [-0.2, -0.15) is 0 Å². The van der Waals surface area contributed by atoms with E-state index in [1.165, 1.54) is 19.3 Å². The first-order chi connectivity index (χ1) is 6.81. The van der Waals surface area contributed by atoms with Crippen molar-refractivity contribution >= 4 is 0 Å². The van der Waals surface area contributed by atoms with Crippen LogP contribution in [0, 0.1) is 5.92 Å². The summed E-state index contributed by atoms with van der Waals surface area (Å²) >= 11 is 0. The molecule has 1 heterocycles. The van der Waals surface area contributed by atoms with Gasteiger partial charge in [-0.15, -0.1) is 0 Å². The summed E-state index contributed by atoms with van der Waals surface area (Å²) in [5, 5.41) is 3.65. The highest BCUT2D eigenvalue weighted by atomic mass is 16.5. The lowest BCUT2D eigenvalue weighted by Crippen LogP contribution is -2.51. The third-order valence-electron chi connectivity index (χ3n) is 3.82. The minimum Gasteiger partial charge on any atom is -0.376 e. The third-order valence-corrected chi connectivity index (χ3v) is 3.82. The molecular weight excluding hydrogens is 176 g/mol. The van der Waals surface area contributed by atoms with Gasteiger partial charge in [-0.25, -0.2) is 0 Å². The number of nitrogens with one attached hydrogen (secondary N) is 1. The quantitative estimate of drug-likeness (QED) is 0.696. The molecule has 0 spiro atoms. The van der Waals surface area contributed by atoms with Gasteiger partial charge in [-0.05, 0) is 38.0 Å². The molecule has 2 aliphatic carbocycles. The molecule has 14 heavy (non-hydrogen) atoms. The third kappa shape index (κ3) is 1.81. The molecule has 3 aliphatic rings. The number of hydrogen-bond donors (Lipinski definition) is 2. The fourth-order valence-corrected chi connectivity index (χ4v) is 2.70. The van der Waals surface area contributed by atoms with Crippen LogP contribution >= 0.6 is 0 Å². The molecule has 80 valence electrons. The van der Waals surface area contributed by atoms with Crippen molar-refractivity contribution in [1.29, 1.82) is 0 Å². The molecule has 0 amide bonds. The highest BCUT2D eigenvalue weighted by Gasteiger charge is 2.39. The molecule has 3 nitrogen and oxygen atoms in total. The Morgan fingerprint density at radius 2 is 1.86 bits per heavy atom. The molecule has 0 radical (unpaired) electrons. The van der Waals surface area contributed by atoms with Crippen LogP contribution in [0.5, 0.6) is 0 Å². The fraction of sp³-hybridized carbons (Fsp3) is 1.00. The van der Waals surface area contributed by atoms with Crippen molar-refractivity contribution in [3.63, 3.8) is 0 Å². The highest BCUT2D eigenvalue weighted by molar-refractivity contribution is 4.94. The van der Waals surface area contributed by atoms with Gasteiger partial charge in [0.05, 0.1) is 12.7 Å². The van der Waals surface area contributed by atoms with Crippen LogP contribution in [0.4, 0.5) is 0 Å². The zero-order valence-electron chi connectivity index (χ0n) is 8.61. The summed E-state index contributed by atoms with van der Waals surface area (Å²) in [4.78, 5) is 0. The molecule has 3 N–H and O–H groups in total. The SMILES string of the molecule is NC1CC(NC2COC(C3CC3)C2)C1. The van der Waals surface area contributed by atoms with Crippen molar-refractivity contribution in [3.8, 4) is 0 Å². The van der Waals surface area contributed by atoms with Crippen LogP contribution in [-0.4, -0.2) is 30.8 Å². The molecule has 2 saturated carbocycles. The summed E-state index contributed by atoms with van der Waals surface area (Å²) in [5.41, 5.74) is 5.76. The number of nitrogens with two attached hydrogens (primary N) is 1. The van der Waals surface area contributed by atoms with Gasteiger partial charge in [0.1, 0.15) is 0 Å². The Bertz CT molecular complexity index is 211. The normalized spacial score (nSPS) is 47.8. The molecule has 3 rings (SSSR count). The monoisotopic (exact) mass is 196 g/mol. The lowest BCUT2D eigenvalue weighted by atomic mass is 9.87. The summed E-state index contributed by atoms with van der Waals surface area (Å²) in [7, 11) is 0. The van der Waals surface area contributed by atoms with E-state index in [0.717, 1.165) is 25.4 Å². The second-order valence-electron chi connectivity index (χ2n) is 5.24. The van der Waals surface area contributed by atoms with Crippen molar-refractivity contribution < 1.29 is 4.74 Å². The van der Waals surface area contributed by atoms with Crippen molar-refractivity contribution in [2.75, 3.05) is 6.61 Å². The van der Waals surface area contributed by atoms with Crippen LogP contribution in [0.1, 0.15) is 32.1 Å². The second-order valence-corrected chi connectivity index (χ2v) is 5.24. The Kier molecular flexibility index (Phi) is 2.26. The topological polar surface area (TPSA) is 47.3 Å². The van der Waals surface area contributed by atoms with Gasteiger partial charge in [0, 0.05) is 18.1 Å². The molecule has 0 bridgehead atoms. The first-order valence-corrected chi connectivity index (χ1v) is 5.94. The van der Waals surface area contributed by atoms with E-state index in [1.807, 2.05) is 0 Å². The molecule has 0 aromatic heterocycles. The Morgan fingerprint density at radius 3 is 2.50 bits per heavy atom. The summed E-state index contributed by atoms with van der Waals surface area (Å²) < 4.78 is 5.79. The van der Waals surface area contributed by atoms with Crippen molar-refractivity contribution in [3.05, 3.63) is 0 Å². The lowest BCUT2D eigenvalue weighted by Gasteiger charge is -2.35. The predicted octanol–water partition coefficient (Wildman–Crippen LogP) is 0.633. The van der Waals surface area contributed by atoms with E-state index in [0.29, 0.717) is 24.2 Å². The highest BCUT2D eigenvalue weighted by Crippen LogP contribution is 2.38. The largest absolute Gasteiger partial charge is 0.376 e. The molecular formula is C11H20N2O. The smallest absolute Gasteiger partial charge is 0.0624 e. The number of rotatable bonds is 3. The van der Waals surface area contributed by atoms with E-state index in [4.69, 9.17) is 10.5 Å². The number of hydrogen-bond acceptors (Lipinski definition) is 3. The Hall–Kier alpha value is -0.120. The summed E-state index contributed by atoms with van der Waals surface area (Å²) in [6.45, 7) is 0.924. The summed E-state index contributed by atoms with van der Waals surface area (Å²) in [5.74, 6) is 0.894. The van der Waals surface area contributed by atoms with Crippen molar-refractivity contribution in [1.82, 2.24) is 5.32 Å². The molecule has 0 aromatic rings. The van der Waals surface area contributed by atoms with Crippen LogP contribution in [0.3, 0.4) is 0 Å². The van der Waals surface area contributed by atoms with Crippen LogP contribution < -0.4 is 11.1 Å². The molecule has 1 saturated heterocycles. The minimum absolute atomic E-state index is 0.453. The van der Waals surface area contributed by atoms with Crippen molar-refractivity contribution in [2.24, 2.45) is 11.7 Å². The average Bonchev–Trinajstić information content (AvgIpc) is 2.86. The van der Waals surface area contributed by atoms with Gasteiger partial charge in [0.2, 0.25) is 0 Å².